The van der Waals surface area contributed by atoms with Gasteiger partial charge in [-0.1, -0.05) is 11.8 Å². The van der Waals surface area contributed by atoms with Crippen molar-refractivity contribution >= 4 is 29.1 Å². The van der Waals surface area contributed by atoms with Gasteiger partial charge in [-0.2, -0.15) is 5.26 Å². The van der Waals surface area contributed by atoms with Gasteiger partial charge in [-0.25, -0.2) is 4.98 Å². The second kappa shape index (κ2) is 6.24. The van der Waals surface area contributed by atoms with E-state index in [0.29, 0.717) is 11.3 Å². The van der Waals surface area contributed by atoms with E-state index >= 15 is 0 Å². The molecule has 0 aliphatic carbocycles. The van der Waals surface area contributed by atoms with Gasteiger partial charge in [0.15, 0.2) is 4.34 Å². The minimum atomic E-state index is -0.869. The molecule has 0 bridgehead atoms. The summed E-state index contributed by atoms with van der Waals surface area (Å²) in [5, 5.41) is 18.1. The van der Waals surface area contributed by atoms with Crippen molar-refractivity contribution in [3.8, 4) is 6.07 Å². The van der Waals surface area contributed by atoms with Crippen molar-refractivity contribution in [1.29, 1.82) is 5.26 Å². The van der Waals surface area contributed by atoms with E-state index in [9.17, 15) is 10.1 Å². The maximum Gasteiger partial charge on any atom is 0.308 e. The molecule has 0 radical (unpaired) electrons. The number of aryl methyl sites for hydroxylation is 3. The smallest absolute Gasteiger partial charge is 0.308 e. The van der Waals surface area contributed by atoms with Crippen LogP contribution in [-0.2, 0) is 11.2 Å². The molecule has 0 aliphatic rings. The minimum absolute atomic E-state index is 0.0242. The zero-order chi connectivity index (χ0) is 15.6. The SMILES string of the molecule is Cc1cc(Sc2nc(C)c(CC(=O)O)s2)c(C#N)c(C)n1. The Balaban J connectivity index is 2.35. The molecule has 0 atom stereocenters. The zero-order valence-corrected chi connectivity index (χ0v) is 13.4. The molecular weight excluding hydrogens is 306 g/mol. The van der Waals surface area contributed by atoms with Gasteiger partial charge in [0.25, 0.3) is 0 Å². The van der Waals surface area contributed by atoms with Crippen LogP contribution in [0.4, 0.5) is 0 Å². The minimum Gasteiger partial charge on any atom is -0.481 e. The van der Waals surface area contributed by atoms with E-state index in [4.69, 9.17) is 5.11 Å². The number of carboxylic acid groups (broad SMARTS) is 1. The standard InChI is InChI=1S/C14H13N3O2S2/c1-7-4-12(10(6-15)8(2)16-7)21-14-17-9(3)11(20-14)5-13(18)19/h4H,5H2,1-3H3,(H,18,19). The molecule has 5 nitrogen and oxygen atoms in total. The number of nitriles is 1. The fourth-order valence-corrected chi connectivity index (χ4v) is 4.27. The Morgan fingerprint density at radius 3 is 2.71 bits per heavy atom. The summed E-state index contributed by atoms with van der Waals surface area (Å²) >= 11 is 2.74. The molecule has 2 rings (SSSR count). The molecule has 2 aromatic rings. The Morgan fingerprint density at radius 2 is 2.10 bits per heavy atom. The normalized spacial score (nSPS) is 10.4. The summed E-state index contributed by atoms with van der Waals surface area (Å²) in [6, 6.07) is 4.02. The first-order valence-electron chi connectivity index (χ1n) is 6.15. The Bertz CT molecular complexity index is 747. The topological polar surface area (TPSA) is 86.9 Å². The quantitative estimate of drug-likeness (QED) is 0.931. The summed E-state index contributed by atoms with van der Waals surface area (Å²) in [6.07, 6.45) is -0.0242. The lowest BCUT2D eigenvalue weighted by molar-refractivity contribution is -0.136. The molecule has 2 heterocycles. The highest BCUT2D eigenvalue weighted by atomic mass is 32.2. The highest BCUT2D eigenvalue weighted by Gasteiger charge is 2.15. The first kappa shape index (κ1) is 15.5. The molecule has 1 N–H and O–H groups in total. The van der Waals surface area contributed by atoms with Gasteiger partial charge in [-0.3, -0.25) is 9.78 Å². The number of nitrogens with zero attached hydrogens (tertiary/aromatic N) is 3. The fourth-order valence-electron chi connectivity index (χ4n) is 1.85. The van der Waals surface area contributed by atoms with E-state index in [1.54, 1.807) is 13.8 Å². The lowest BCUT2D eigenvalue weighted by Gasteiger charge is -2.05. The third-order valence-corrected chi connectivity index (χ3v) is 5.05. The van der Waals surface area contributed by atoms with Crippen molar-refractivity contribution in [2.75, 3.05) is 0 Å². The number of thiazole rings is 1. The van der Waals surface area contributed by atoms with Gasteiger partial charge >= 0.3 is 5.97 Å². The molecule has 0 unspecified atom stereocenters. The van der Waals surface area contributed by atoms with Crippen LogP contribution in [0.2, 0.25) is 0 Å². The average Bonchev–Trinajstić information content (AvgIpc) is 2.68. The number of hydrogen-bond donors (Lipinski definition) is 1. The van der Waals surface area contributed by atoms with Crippen LogP contribution in [0.1, 0.15) is 27.5 Å². The van der Waals surface area contributed by atoms with Crippen LogP contribution in [0, 0.1) is 32.1 Å². The molecular formula is C14H13N3O2S2. The van der Waals surface area contributed by atoms with E-state index in [0.717, 1.165) is 25.5 Å². The predicted molar refractivity (Wildman–Crippen MR) is 80.7 cm³/mol. The second-order valence-corrected chi connectivity index (χ2v) is 6.87. The summed E-state index contributed by atoms with van der Waals surface area (Å²) in [7, 11) is 0. The van der Waals surface area contributed by atoms with Crippen LogP contribution in [0.25, 0.3) is 0 Å². The largest absolute Gasteiger partial charge is 0.481 e. The van der Waals surface area contributed by atoms with E-state index in [-0.39, 0.29) is 6.42 Å². The highest BCUT2D eigenvalue weighted by Crippen LogP contribution is 2.35. The summed E-state index contributed by atoms with van der Waals surface area (Å²) in [5.41, 5.74) is 2.80. The van der Waals surface area contributed by atoms with Gasteiger partial charge in [0.05, 0.1) is 23.4 Å². The molecule has 0 aromatic carbocycles. The molecule has 0 saturated heterocycles. The molecule has 0 amide bonds. The van der Waals surface area contributed by atoms with Gasteiger partial charge in [-0.15, -0.1) is 11.3 Å². The number of pyridine rings is 1. The van der Waals surface area contributed by atoms with Crippen molar-refractivity contribution in [2.45, 2.75) is 36.4 Å². The van der Waals surface area contributed by atoms with Crippen LogP contribution in [0.5, 0.6) is 0 Å². The van der Waals surface area contributed by atoms with Crippen molar-refractivity contribution in [1.82, 2.24) is 9.97 Å². The summed E-state index contributed by atoms with van der Waals surface area (Å²) in [5.74, 6) is -0.869. The van der Waals surface area contributed by atoms with Crippen molar-refractivity contribution in [2.24, 2.45) is 0 Å². The van der Waals surface area contributed by atoms with Crippen molar-refractivity contribution in [3.63, 3.8) is 0 Å². The number of hydrogen-bond acceptors (Lipinski definition) is 6. The van der Waals surface area contributed by atoms with E-state index < -0.39 is 5.97 Å². The second-order valence-electron chi connectivity index (χ2n) is 4.49. The van der Waals surface area contributed by atoms with Crippen LogP contribution in [0.15, 0.2) is 15.3 Å². The van der Waals surface area contributed by atoms with Gasteiger partial charge in [0, 0.05) is 15.5 Å². The zero-order valence-electron chi connectivity index (χ0n) is 11.8. The van der Waals surface area contributed by atoms with E-state index in [1.165, 1.54) is 23.1 Å². The Morgan fingerprint density at radius 1 is 1.38 bits per heavy atom. The van der Waals surface area contributed by atoms with Gasteiger partial charge in [0.1, 0.15) is 6.07 Å². The number of aliphatic carboxylic acids is 1. The molecule has 0 aliphatic heterocycles. The number of carbonyl (C=O) groups is 1. The maximum atomic E-state index is 10.8. The Labute approximate surface area is 130 Å². The predicted octanol–water partition coefficient (Wildman–Crippen LogP) is 3.11. The van der Waals surface area contributed by atoms with Gasteiger partial charge in [-0.05, 0) is 26.8 Å². The Hall–Kier alpha value is -1.91. The van der Waals surface area contributed by atoms with Crippen LogP contribution in [-0.4, -0.2) is 21.0 Å². The molecule has 7 heteroatoms. The van der Waals surface area contributed by atoms with Crippen LogP contribution >= 0.6 is 23.1 Å². The summed E-state index contributed by atoms with van der Waals surface area (Å²) in [6.45, 7) is 5.48. The van der Waals surface area contributed by atoms with Crippen molar-refractivity contribution in [3.05, 3.63) is 33.6 Å². The molecule has 0 saturated carbocycles. The molecule has 0 fully saturated rings. The van der Waals surface area contributed by atoms with Crippen LogP contribution < -0.4 is 0 Å². The molecule has 2 aromatic heterocycles. The lowest BCUT2D eigenvalue weighted by atomic mass is 10.2. The first-order valence-corrected chi connectivity index (χ1v) is 7.78. The summed E-state index contributed by atoms with van der Waals surface area (Å²) in [4.78, 5) is 21.0. The van der Waals surface area contributed by atoms with E-state index in [1.807, 2.05) is 13.0 Å². The fraction of sp³-hybridized carbons (Fsp3) is 0.286. The van der Waals surface area contributed by atoms with Crippen LogP contribution in [0.3, 0.4) is 0 Å². The van der Waals surface area contributed by atoms with E-state index in [2.05, 4.69) is 16.0 Å². The monoisotopic (exact) mass is 319 g/mol. The average molecular weight is 319 g/mol. The third-order valence-electron chi connectivity index (χ3n) is 2.79. The number of carboxylic acids is 1. The number of rotatable bonds is 4. The molecule has 21 heavy (non-hydrogen) atoms. The highest BCUT2D eigenvalue weighted by molar-refractivity contribution is 8.01. The van der Waals surface area contributed by atoms with Crippen molar-refractivity contribution < 1.29 is 9.90 Å². The Kier molecular flexibility index (Phi) is 4.60. The van der Waals surface area contributed by atoms with Gasteiger partial charge in [0.2, 0.25) is 0 Å². The summed E-state index contributed by atoms with van der Waals surface area (Å²) < 4.78 is 0.741. The van der Waals surface area contributed by atoms with Gasteiger partial charge < -0.3 is 5.11 Å². The first-order chi connectivity index (χ1) is 9.90. The molecule has 0 spiro atoms. The molecule has 108 valence electrons. The third kappa shape index (κ3) is 3.60. The number of aromatic nitrogens is 2. The maximum absolute atomic E-state index is 10.8. The lowest BCUT2D eigenvalue weighted by Crippen LogP contribution is -1.99.